The number of hydrogen-bond donors (Lipinski definition) is 2. The minimum Gasteiger partial charge on any atom is -0.389 e. The number of aryl methyl sites for hydroxylation is 1. The highest BCUT2D eigenvalue weighted by Gasteiger charge is 2.47. The lowest BCUT2D eigenvalue weighted by atomic mass is 9.61. The summed E-state index contributed by atoms with van der Waals surface area (Å²) >= 11 is 0. The number of fused-ring (bicyclic) bond motifs is 1. The summed E-state index contributed by atoms with van der Waals surface area (Å²) < 4.78 is 0. The topological polar surface area (TPSA) is 63.3 Å². The normalized spacial score (nSPS) is 26.2. The smallest absolute Gasteiger partial charge is 0.122 e. The van der Waals surface area contributed by atoms with Crippen LogP contribution in [0.15, 0.2) is 24.3 Å². The van der Waals surface area contributed by atoms with Crippen LogP contribution in [-0.2, 0) is 17.6 Å². The Morgan fingerprint density at radius 3 is 2.72 bits per heavy atom. The molecule has 0 aromatic heterocycles. The van der Waals surface area contributed by atoms with E-state index >= 15 is 0 Å². The molecule has 2 unspecified atom stereocenters. The lowest BCUT2D eigenvalue weighted by molar-refractivity contribution is -0.121. The second-order valence-corrected chi connectivity index (χ2v) is 5.57. The van der Waals surface area contributed by atoms with Gasteiger partial charge in [-0.1, -0.05) is 24.3 Å². The van der Waals surface area contributed by atoms with E-state index in [9.17, 15) is 9.90 Å². The third-order valence-corrected chi connectivity index (χ3v) is 4.53. The molecular formula is C15H21NO2. The van der Waals surface area contributed by atoms with E-state index in [2.05, 4.69) is 12.1 Å². The first-order valence-electron chi connectivity index (χ1n) is 6.47. The molecule has 0 fully saturated rings. The molecule has 0 saturated carbocycles. The number of rotatable bonds is 4. The lowest BCUT2D eigenvalue weighted by Gasteiger charge is -2.47. The molecular weight excluding hydrogens is 226 g/mol. The van der Waals surface area contributed by atoms with Gasteiger partial charge in [-0.2, -0.15) is 0 Å². The quantitative estimate of drug-likeness (QED) is 0.792. The van der Waals surface area contributed by atoms with Crippen molar-refractivity contribution >= 4 is 6.29 Å². The molecule has 3 heteroatoms. The summed E-state index contributed by atoms with van der Waals surface area (Å²) in [6, 6.07) is 8.28. The molecule has 18 heavy (non-hydrogen) atoms. The number of nitrogens with two attached hydrogens (primary N) is 1. The lowest BCUT2D eigenvalue weighted by Crippen LogP contribution is -2.54. The van der Waals surface area contributed by atoms with Crippen LogP contribution < -0.4 is 5.73 Å². The van der Waals surface area contributed by atoms with Crippen LogP contribution >= 0.6 is 0 Å². The maximum absolute atomic E-state index is 10.8. The van der Waals surface area contributed by atoms with Crippen LogP contribution in [0.1, 0.15) is 30.9 Å². The molecule has 1 aliphatic rings. The highest BCUT2D eigenvalue weighted by Crippen LogP contribution is 2.44. The van der Waals surface area contributed by atoms with E-state index in [4.69, 9.17) is 5.73 Å². The van der Waals surface area contributed by atoms with Crippen LogP contribution in [0.2, 0.25) is 0 Å². The maximum Gasteiger partial charge on any atom is 0.122 e. The average molecular weight is 247 g/mol. The predicted molar refractivity (Wildman–Crippen MR) is 71.3 cm³/mol. The van der Waals surface area contributed by atoms with Gasteiger partial charge in [-0.25, -0.2) is 0 Å². The van der Waals surface area contributed by atoms with Gasteiger partial charge in [-0.15, -0.1) is 0 Å². The van der Waals surface area contributed by atoms with Gasteiger partial charge in [0.25, 0.3) is 0 Å². The van der Waals surface area contributed by atoms with Crippen molar-refractivity contribution < 1.29 is 9.90 Å². The second-order valence-electron chi connectivity index (χ2n) is 5.57. The van der Waals surface area contributed by atoms with Gasteiger partial charge in [0.1, 0.15) is 6.29 Å². The summed E-state index contributed by atoms with van der Waals surface area (Å²) in [5, 5.41) is 10.6. The summed E-state index contributed by atoms with van der Waals surface area (Å²) in [7, 11) is 0. The molecule has 1 aromatic rings. The monoisotopic (exact) mass is 247 g/mol. The first kappa shape index (κ1) is 13.2. The van der Waals surface area contributed by atoms with Crippen molar-refractivity contribution in [3.05, 3.63) is 35.4 Å². The van der Waals surface area contributed by atoms with Crippen molar-refractivity contribution in [3.63, 3.8) is 0 Å². The zero-order chi connectivity index (χ0) is 13.2. The van der Waals surface area contributed by atoms with Crippen molar-refractivity contribution in [2.45, 2.75) is 38.2 Å². The first-order valence-corrected chi connectivity index (χ1v) is 6.47. The van der Waals surface area contributed by atoms with Crippen LogP contribution in [0.5, 0.6) is 0 Å². The Kier molecular flexibility index (Phi) is 3.55. The summed E-state index contributed by atoms with van der Waals surface area (Å²) in [5.74, 6) is 0. The number of aldehydes is 1. The third kappa shape index (κ3) is 2.08. The molecule has 0 bridgehead atoms. The number of carbonyl (C=O) groups is 1. The van der Waals surface area contributed by atoms with Crippen LogP contribution in [0.4, 0.5) is 0 Å². The molecule has 2 rings (SSSR count). The van der Waals surface area contributed by atoms with E-state index in [1.165, 1.54) is 11.1 Å². The summed E-state index contributed by atoms with van der Waals surface area (Å²) in [5.41, 5.74) is 7.11. The molecule has 0 heterocycles. The molecule has 1 aromatic carbocycles. The Balaban J connectivity index is 2.34. The van der Waals surface area contributed by atoms with Gasteiger partial charge in [0, 0.05) is 18.4 Å². The van der Waals surface area contributed by atoms with Crippen molar-refractivity contribution in [2.24, 2.45) is 11.1 Å². The van der Waals surface area contributed by atoms with Gasteiger partial charge in [0.2, 0.25) is 0 Å². The second kappa shape index (κ2) is 4.82. The maximum atomic E-state index is 10.8. The van der Waals surface area contributed by atoms with Crippen molar-refractivity contribution in [1.29, 1.82) is 0 Å². The van der Waals surface area contributed by atoms with Crippen LogP contribution in [0.3, 0.4) is 0 Å². The molecule has 0 radical (unpaired) electrons. The van der Waals surface area contributed by atoms with E-state index < -0.39 is 5.60 Å². The minimum absolute atomic E-state index is 0.145. The molecule has 3 nitrogen and oxygen atoms in total. The predicted octanol–water partition coefficient (Wildman–Crippen LogP) is 1.46. The molecule has 98 valence electrons. The first-order chi connectivity index (χ1) is 8.54. The highest BCUT2D eigenvalue weighted by atomic mass is 16.3. The van der Waals surface area contributed by atoms with Crippen molar-refractivity contribution in [2.75, 3.05) is 6.54 Å². The SMILES string of the molecule is CC(O)(CC=O)C1(CN)CCc2ccccc2C1. The Morgan fingerprint density at radius 2 is 2.11 bits per heavy atom. The van der Waals surface area contributed by atoms with Gasteiger partial charge < -0.3 is 15.6 Å². The fraction of sp³-hybridized carbons (Fsp3) is 0.533. The average Bonchev–Trinajstić information content (AvgIpc) is 2.37. The molecule has 0 amide bonds. The van der Waals surface area contributed by atoms with Crippen LogP contribution in [-0.4, -0.2) is 23.5 Å². The Morgan fingerprint density at radius 1 is 1.44 bits per heavy atom. The molecule has 2 atom stereocenters. The molecule has 0 saturated heterocycles. The van der Waals surface area contributed by atoms with E-state index in [0.29, 0.717) is 6.54 Å². The summed E-state index contributed by atoms with van der Waals surface area (Å²) in [4.78, 5) is 10.8. The fourth-order valence-corrected chi connectivity index (χ4v) is 3.03. The van der Waals surface area contributed by atoms with Crippen molar-refractivity contribution in [3.8, 4) is 0 Å². The van der Waals surface area contributed by atoms with Gasteiger partial charge >= 0.3 is 0 Å². The minimum atomic E-state index is -1.03. The van der Waals surface area contributed by atoms with Gasteiger partial charge in [-0.3, -0.25) is 0 Å². The third-order valence-electron chi connectivity index (χ3n) is 4.53. The zero-order valence-corrected chi connectivity index (χ0v) is 10.9. The van der Waals surface area contributed by atoms with E-state index in [1.54, 1.807) is 6.92 Å². The number of benzene rings is 1. The number of hydrogen-bond acceptors (Lipinski definition) is 3. The Labute approximate surface area is 108 Å². The Bertz CT molecular complexity index is 442. The molecule has 0 aliphatic heterocycles. The summed E-state index contributed by atoms with van der Waals surface area (Å²) in [6.07, 6.45) is 3.44. The fourth-order valence-electron chi connectivity index (χ4n) is 3.03. The van der Waals surface area contributed by atoms with E-state index in [1.807, 2.05) is 12.1 Å². The highest BCUT2D eigenvalue weighted by molar-refractivity contribution is 5.52. The largest absolute Gasteiger partial charge is 0.389 e. The number of aliphatic hydroxyl groups is 1. The number of carbonyl (C=O) groups excluding carboxylic acids is 1. The Hall–Kier alpha value is -1.19. The van der Waals surface area contributed by atoms with E-state index in [-0.39, 0.29) is 11.8 Å². The van der Waals surface area contributed by atoms with E-state index in [0.717, 1.165) is 25.5 Å². The van der Waals surface area contributed by atoms with Crippen molar-refractivity contribution in [1.82, 2.24) is 0 Å². The molecule has 0 spiro atoms. The summed E-state index contributed by atoms with van der Waals surface area (Å²) in [6.45, 7) is 2.14. The van der Waals surface area contributed by atoms with Gasteiger partial charge in [0.15, 0.2) is 0 Å². The van der Waals surface area contributed by atoms with Crippen LogP contribution in [0.25, 0.3) is 0 Å². The molecule has 3 N–H and O–H groups in total. The van der Waals surface area contributed by atoms with Gasteiger partial charge in [0.05, 0.1) is 5.60 Å². The van der Waals surface area contributed by atoms with Gasteiger partial charge in [-0.05, 0) is 37.3 Å². The van der Waals surface area contributed by atoms with Crippen LogP contribution in [0, 0.1) is 5.41 Å². The standard InChI is InChI=1S/C15H21NO2/c1-14(18,8-9-17)15(11-16)7-6-12-4-2-3-5-13(12)10-15/h2-5,9,18H,6-8,10-11,16H2,1H3. The molecule has 1 aliphatic carbocycles. The zero-order valence-electron chi connectivity index (χ0n) is 10.9.